The molecule has 8 heteroatoms. The van der Waals surface area contributed by atoms with Gasteiger partial charge in [-0.15, -0.1) is 0 Å². The molecule has 0 radical (unpaired) electrons. The smallest absolute Gasteiger partial charge is 0.373 e. The monoisotopic (exact) mass is 1660 g/mol. The van der Waals surface area contributed by atoms with Crippen LogP contribution in [0.1, 0.15) is 190 Å². The van der Waals surface area contributed by atoms with Crippen LogP contribution in [0.5, 0.6) is 11.6 Å². The highest BCUT2D eigenvalue weighted by atomic mass is 16.5. The summed E-state index contributed by atoms with van der Waals surface area (Å²) in [7, 11) is 0. The zero-order valence-corrected chi connectivity index (χ0v) is 74.8. The summed E-state index contributed by atoms with van der Waals surface area (Å²) in [6.45, 7) is 23.8. The Labute approximate surface area is 753 Å². The minimum absolute atomic E-state index is 0.00772. The van der Waals surface area contributed by atoms with Crippen LogP contribution in [0.3, 0.4) is 0 Å². The third-order valence-electron chi connectivity index (χ3n) is 30.4. The van der Waals surface area contributed by atoms with Gasteiger partial charge in [0.15, 0.2) is 30.2 Å². The van der Waals surface area contributed by atoms with Gasteiger partial charge >= 0.3 is 5.88 Å². The van der Waals surface area contributed by atoms with E-state index in [1.54, 1.807) is 0 Å². The Morgan fingerprint density at radius 3 is 1.27 bits per heavy atom. The van der Waals surface area contributed by atoms with Crippen LogP contribution in [0.15, 0.2) is 346 Å². The lowest BCUT2D eigenvalue weighted by atomic mass is 9.73. The average molecular weight is 1670 g/mol. The predicted molar refractivity (Wildman–Crippen MR) is 514 cm³/mol. The van der Waals surface area contributed by atoms with E-state index in [0.717, 1.165) is 76.5 Å². The maximum atomic E-state index is 6.30. The van der Waals surface area contributed by atoms with Crippen molar-refractivity contribution in [2.24, 2.45) is 0 Å². The van der Waals surface area contributed by atoms with Crippen LogP contribution in [-0.2, 0) is 56.4 Å². The second-order valence-electron chi connectivity index (χ2n) is 38.2. The van der Waals surface area contributed by atoms with E-state index in [2.05, 4.69) is 433 Å². The Morgan fingerprint density at radius 2 is 0.680 bits per heavy atom. The minimum atomic E-state index is -0.0755. The first-order chi connectivity index (χ1) is 62.7. The van der Waals surface area contributed by atoms with Crippen molar-refractivity contribution in [3.05, 3.63) is 446 Å². The van der Waals surface area contributed by atoms with Crippen LogP contribution in [-0.4, -0.2) is 9.13 Å². The molecule has 4 unspecified atom stereocenters. The Kier molecular flexibility index (Phi) is 19.6. The van der Waals surface area contributed by atoms with E-state index >= 15 is 0 Å². The number of nitrogens with zero attached hydrogens (tertiary/aromatic N) is 7. The number of hydrogen-bond acceptors (Lipinski definition) is 1. The number of fused-ring (bicyclic) bond motifs is 35. The van der Waals surface area contributed by atoms with Crippen LogP contribution in [0.4, 0.5) is 0 Å². The predicted octanol–water partition coefficient (Wildman–Crippen LogP) is 25.4. The highest BCUT2D eigenvalue weighted by molar-refractivity contribution is 5.77. The molecule has 17 aromatic rings. The van der Waals surface area contributed by atoms with Gasteiger partial charge in [0, 0.05) is 95.2 Å². The first kappa shape index (κ1) is 79.0. The number of ether oxygens (including phenoxy) is 1. The van der Waals surface area contributed by atoms with Crippen molar-refractivity contribution in [1.82, 2.24) is 9.13 Å². The van der Waals surface area contributed by atoms with Gasteiger partial charge in [-0.3, -0.25) is 0 Å². The first-order valence-electron chi connectivity index (χ1n) is 46.8. The number of aryl methyl sites for hydroxylation is 4. The van der Waals surface area contributed by atoms with E-state index in [1.807, 2.05) is 0 Å². The maximum Gasteiger partial charge on any atom is 0.373 e. The number of imidazole rings is 2. The molecule has 10 bridgehead atoms. The number of para-hydroxylation sites is 3. The first-order valence-corrected chi connectivity index (χ1v) is 46.8. The van der Waals surface area contributed by atoms with Crippen molar-refractivity contribution in [2.75, 3.05) is 0 Å². The molecule has 5 aromatic heterocycles. The zero-order chi connectivity index (χ0) is 86.2. The van der Waals surface area contributed by atoms with Gasteiger partial charge in [0.2, 0.25) is 22.8 Å². The van der Waals surface area contributed by atoms with Crippen molar-refractivity contribution in [2.45, 2.75) is 173 Å². The molecule has 0 amide bonds. The maximum absolute atomic E-state index is 6.30. The summed E-state index contributed by atoms with van der Waals surface area (Å²) >= 11 is 0. The lowest BCUT2D eigenvalue weighted by molar-refractivity contribution is -0.696. The van der Waals surface area contributed by atoms with Gasteiger partial charge in [0.1, 0.15) is 36.1 Å². The van der Waals surface area contributed by atoms with Crippen molar-refractivity contribution in [3.8, 4) is 102 Å². The number of benzene rings is 12. The van der Waals surface area contributed by atoms with Crippen molar-refractivity contribution < 1.29 is 27.6 Å². The van der Waals surface area contributed by atoms with Gasteiger partial charge in [-0.1, -0.05) is 237 Å². The molecule has 0 saturated carbocycles. The molecule has 0 N–H and O–H groups in total. The molecule has 4 atom stereocenters. The standard InChI is InChI=1S/C29H29N2.C26H23N2.C24H24N.C21H18NO.C20H16N/c1-19-10-9-11-20(2)27(19)31-18-26-29(3,4)25-15-8-7-13-23(25)22-16-17-30(26)28(31)24-14-6-5-12-21(22)24;1-17-8-7-9-18(2)25(17)28-16-24-22-12-5-3-10-19(22)21-14-15-27(24)26(28)23-13-6-4-11-20(21)23;1-24(2)21-11-6-3-8-18(21)16-17-14-15-25-22(12-7-13-23(24)25)20-10-5-4-9-19(17)20;1-4-10-20-16(6-1)14-15-12-13-22-19(9-5-11-21(22)23-20)18-8-3-2-7-17(15)18;1-3-8-17-14(6-1)16-12-13-21-19(17)10-5-11-20(21)18-9-4-2-7-15(16)18/h5-15,18,22H,16-17H2,1-4H3;3-13,16,21H,14-15H2,1-2H3;3-13,17H,14-16H2,1-2H3;1-11,15H,12-14H2;1-11,16H,12-13H2/q5*+1. The molecule has 626 valence electrons. The van der Waals surface area contributed by atoms with Gasteiger partial charge in [-0.2, -0.15) is 22.8 Å². The second kappa shape index (κ2) is 31.7. The normalized spacial score (nSPS) is 17.5. The summed E-state index contributed by atoms with van der Waals surface area (Å²) in [4.78, 5) is 0. The second-order valence-corrected chi connectivity index (χ2v) is 38.2. The highest BCUT2D eigenvalue weighted by Crippen LogP contribution is 2.52. The number of pyridine rings is 3. The molecular formula is C120H110N7O+5. The Balaban J connectivity index is 0.0000000921. The number of aromatic nitrogens is 7. The minimum Gasteiger partial charge on any atom is -0.405 e. The molecule has 0 fully saturated rings. The molecule has 0 saturated heterocycles. The van der Waals surface area contributed by atoms with Crippen molar-refractivity contribution >= 4 is 0 Å². The third kappa shape index (κ3) is 13.0. The van der Waals surface area contributed by atoms with Crippen molar-refractivity contribution in [3.63, 3.8) is 0 Å². The van der Waals surface area contributed by atoms with E-state index in [1.165, 1.54) is 204 Å². The number of hydrogen-bond donors (Lipinski definition) is 0. The lowest BCUT2D eigenvalue weighted by Gasteiger charge is -2.31. The summed E-state index contributed by atoms with van der Waals surface area (Å²) in [6.07, 6.45) is 12.8. The Bertz CT molecular complexity index is 7200. The topological polar surface area (TPSA) is 38.5 Å². The van der Waals surface area contributed by atoms with Gasteiger partial charge in [0.25, 0.3) is 11.6 Å². The van der Waals surface area contributed by atoms with E-state index in [4.69, 9.17) is 4.74 Å². The SMILES string of the molecule is CC1(C)c2ccccc2CC2CC[n+]3c(cccc31)-c1ccccc12.Cc1cccc(C)c1-[n+]1cc2n3c1-c1ccccc1C(CC3)c1ccccc1-2.Cc1cccc(C)c1-[n+]1cc2n3c1-c1ccccc1C(CC3)c1ccccc1C2(C)C.c1ccc2c(c1)-c1cccc3[n+]1CCC2c1ccccc1-3.c1ccc2c(c1)CC1CC[n+]3c(cccc3-c3ccccc31)O2. The van der Waals surface area contributed by atoms with Crippen LogP contribution in [0.2, 0.25) is 0 Å². The molecule has 8 nitrogen and oxygen atoms in total. The fourth-order valence-electron chi connectivity index (χ4n) is 24.5. The van der Waals surface area contributed by atoms with Crippen LogP contribution in [0, 0.1) is 27.7 Å². The van der Waals surface area contributed by atoms with Gasteiger partial charge in [-0.05, 0) is 243 Å². The summed E-state index contributed by atoms with van der Waals surface area (Å²) in [5.41, 5.74) is 44.6. The summed E-state index contributed by atoms with van der Waals surface area (Å²) in [5, 5.41) is 0. The van der Waals surface area contributed by atoms with E-state index in [0.29, 0.717) is 29.6 Å². The zero-order valence-electron chi connectivity index (χ0n) is 74.8. The van der Waals surface area contributed by atoms with E-state index in [-0.39, 0.29) is 10.8 Å². The fraction of sp³-hybridized carbons (Fsp3) is 0.225. The molecule has 0 spiro atoms. The summed E-state index contributed by atoms with van der Waals surface area (Å²) < 4.78 is 23.8. The third-order valence-corrected chi connectivity index (χ3v) is 30.4. The van der Waals surface area contributed by atoms with Gasteiger partial charge in [0.05, 0.1) is 41.1 Å². The Hall–Kier alpha value is -13.7. The largest absolute Gasteiger partial charge is 0.405 e. The molecule has 15 heterocycles. The number of rotatable bonds is 2. The summed E-state index contributed by atoms with van der Waals surface area (Å²) in [6, 6.07) is 123. The van der Waals surface area contributed by atoms with Crippen LogP contribution in [0.25, 0.3) is 90.4 Å². The van der Waals surface area contributed by atoms with Gasteiger partial charge < -0.3 is 4.74 Å². The Morgan fingerprint density at radius 1 is 0.297 bits per heavy atom. The molecule has 10 aliphatic rings. The molecule has 128 heavy (non-hydrogen) atoms. The highest BCUT2D eigenvalue weighted by Gasteiger charge is 2.47. The van der Waals surface area contributed by atoms with Gasteiger partial charge in [-0.25, -0.2) is 9.13 Å². The van der Waals surface area contributed by atoms with Crippen molar-refractivity contribution in [1.29, 1.82) is 0 Å². The van der Waals surface area contributed by atoms with E-state index in [9.17, 15) is 0 Å². The average Bonchev–Trinajstić information content (AvgIpc) is 1.56. The van der Waals surface area contributed by atoms with Crippen LogP contribution >= 0.6 is 0 Å². The fourth-order valence-corrected chi connectivity index (χ4v) is 24.5. The van der Waals surface area contributed by atoms with E-state index < -0.39 is 0 Å². The summed E-state index contributed by atoms with van der Waals surface area (Å²) in [5.74, 6) is 7.07. The lowest BCUT2D eigenvalue weighted by Crippen LogP contribution is -2.45. The molecular weight excluding hydrogens is 1560 g/mol. The molecule has 10 aliphatic heterocycles. The quantitative estimate of drug-likeness (QED) is 0.159. The molecule has 27 rings (SSSR count). The molecule has 0 aliphatic carbocycles. The molecule has 12 aromatic carbocycles. The van der Waals surface area contributed by atoms with Crippen LogP contribution < -0.4 is 27.6 Å².